The fraction of sp³-hybridized carbons (Fsp3) is 0.824. The molecule has 10 N–H and O–H groups in total. The highest BCUT2D eigenvalue weighted by Gasteiger charge is 2.25. The Morgan fingerprint density at radius 3 is 1.95 bits per heavy atom. The van der Waals surface area contributed by atoms with Crippen LogP contribution in [-0.4, -0.2) is 18.9 Å². The lowest BCUT2D eigenvalue weighted by molar-refractivity contribution is -0.117. The van der Waals surface area contributed by atoms with Crippen molar-refractivity contribution in [3.8, 4) is 0 Å². The summed E-state index contributed by atoms with van der Waals surface area (Å²) in [6, 6.07) is 0. The molecule has 0 amide bonds. The predicted octanol–water partition coefficient (Wildman–Crippen LogP) is 3.36. The van der Waals surface area contributed by atoms with E-state index in [-0.39, 0.29) is 23.5 Å². The zero-order valence-corrected chi connectivity index (χ0v) is 14.9. The molecule has 22 heavy (non-hydrogen) atoms. The SMILES string of the molecule is CC1=CC(=O)CC(C)(C)C1.N.N.NCC1CCCC(CN)C1. The van der Waals surface area contributed by atoms with Crippen molar-refractivity contribution in [3.63, 3.8) is 0 Å². The van der Waals surface area contributed by atoms with Gasteiger partial charge >= 0.3 is 0 Å². The van der Waals surface area contributed by atoms with Gasteiger partial charge in [-0.3, -0.25) is 4.79 Å². The molecule has 132 valence electrons. The third kappa shape index (κ3) is 8.63. The van der Waals surface area contributed by atoms with Crippen LogP contribution in [0.1, 0.15) is 59.3 Å². The minimum Gasteiger partial charge on any atom is -0.344 e. The third-order valence-electron chi connectivity index (χ3n) is 4.38. The Hall–Kier alpha value is -0.750. The maximum absolute atomic E-state index is 11.0. The second-order valence-corrected chi connectivity index (χ2v) is 7.34. The normalized spacial score (nSPS) is 26.6. The molecule has 0 heterocycles. The molecule has 0 aromatic heterocycles. The van der Waals surface area contributed by atoms with Crippen molar-refractivity contribution in [2.24, 2.45) is 28.7 Å². The number of hydrogen-bond acceptors (Lipinski definition) is 5. The Balaban J connectivity index is 0. The van der Waals surface area contributed by atoms with Crippen molar-refractivity contribution in [1.29, 1.82) is 0 Å². The van der Waals surface area contributed by atoms with Crippen molar-refractivity contribution >= 4 is 5.78 Å². The molecule has 0 aromatic rings. The van der Waals surface area contributed by atoms with Gasteiger partial charge < -0.3 is 23.8 Å². The summed E-state index contributed by atoms with van der Waals surface area (Å²) in [5.41, 5.74) is 12.6. The van der Waals surface area contributed by atoms with E-state index in [1.165, 1.54) is 31.3 Å². The topological polar surface area (TPSA) is 139 Å². The Kier molecular flexibility index (Phi) is 11.6. The molecule has 2 unspecified atom stereocenters. The van der Waals surface area contributed by atoms with Crippen LogP contribution in [0.15, 0.2) is 11.6 Å². The average molecular weight is 315 g/mol. The van der Waals surface area contributed by atoms with Crippen LogP contribution in [0.2, 0.25) is 0 Å². The van der Waals surface area contributed by atoms with Crippen LogP contribution < -0.4 is 23.8 Å². The highest BCUT2D eigenvalue weighted by molar-refractivity contribution is 5.91. The minimum atomic E-state index is 0. The fourth-order valence-electron chi connectivity index (χ4n) is 3.50. The van der Waals surface area contributed by atoms with Gasteiger partial charge in [-0.05, 0) is 69.0 Å². The van der Waals surface area contributed by atoms with E-state index in [9.17, 15) is 4.79 Å². The Morgan fingerprint density at radius 1 is 1.09 bits per heavy atom. The Morgan fingerprint density at radius 2 is 1.59 bits per heavy atom. The van der Waals surface area contributed by atoms with Gasteiger partial charge in [-0.15, -0.1) is 0 Å². The first-order chi connectivity index (χ1) is 9.36. The molecule has 0 radical (unpaired) electrons. The molecule has 0 bridgehead atoms. The zero-order chi connectivity index (χ0) is 15.2. The van der Waals surface area contributed by atoms with Crippen LogP contribution in [0.3, 0.4) is 0 Å². The summed E-state index contributed by atoms with van der Waals surface area (Å²) >= 11 is 0. The van der Waals surface area contributed by atoms with E-state index in [1.54, 1.807) is 6.08 Å². The molecule has 0 spiro atoms. The van der Waals surface area contributed by atoms with Crippen LogP contribution in [0, 0.1) is 17.3 Å². The molecule has 5 heteroatoms. The maximum atomic E-state index is 11.0. The second-order valence-electron chi connectivity index (χ2n) is 7.34. The van der Waals surface area contributed by atoms with Gasteiger partial charge in [0.2, 0.25) is 0 Å². The molecule has 1 fully saturated rings. The zero-order valence-electron chi connectivity index (χ0n) is 14.9. The number of carbonyl (C=O) groups is 1. The molecule has 1 saturated carbocycles. The van der Waals surface area contributed by atoms with Gasteiger partial charge in [-0.2, -0.15) is 0 Å². The maximum Gasteiger partial charge on any atom is 0.156 e. The standard InChI is InChI=1S/C9H14O.C8H18N2.2H3N/c1-7-4-8(10)6-9(2,3)5-7;9-5-7-2-1-3-8(4-7)6-10;;/h4H,5-6H2,1-3H3;7-8H,1-6,9-10H2;2*1H3. The van der Waals surface area contributed by atoms with Crippen LogP contribution in [0.25, 0.3) is 0 Å². The fourth-order valence-corrected chi connectivity index (χ4v) is 3.50. The van der Waals surface area contributed by atoms with E-state index >= 15 is 0 Å². The van der Waals surface area contributed by atoms with Crippen molar-refractivity contribution in [3.05, 3.63) is 11.6 Å². The number of hydrogen-bond donors (Lipinski definition) is 4. The molecule has 2 atom stereocenters. The van der Waals surface area contributed by atoms with Crippen LogP contribution in [0.4, 0.5) is 0 Å². The molecule has 0 saturated heterocycles. The highest BCUT2D eigenvalue weighted by atomic mass is 16.1. The highest BCUT2D eigenvalue weighted by Crippen LogP contribution is 2.32. The summed E-state index contributed by atoms with van der Waals surface area (Å²) in [7, 11) is 0. The summed E-state index contributed by atoms with van der Waals surface area (Å²) in [5, 5.41) is 0. The smallest absolute Gasteiger partial charge is 0.156 e. The summed E-state index contributed by atoms with van der Waals surface area (Å²) in [5.74, 6) is 1.82. The van der Waals surface area contributed by atoms with E-state index in [0.717, 1.165) is 31.3 Å². The van der Waals surface area contributed by atoms with Gasteiger partial charge in [-0.25, -0.2) is 0 Å². The van der Waals surface area contributed by atoms with Crippen molar-refractivity contribution in [2.75, 3.05) is 13.1 Å². The van der Waals surface area contributed by atoms with Crippen LogP contribution in [-0.2, 0) is 4.79 Å². The molecule has 0 aromatic carbocycles. The lowest BCUT2D eigenvalue weighted by Crippen LogP contribution is -2.26. The van der Waals surface area contributed by atoms with E-state index in [2.05, 4.69) is 13.8 Å². The van der Waals surface area contributed by atoms with E-state index in [4.69, 9.17) is 11.5 Å². The average Bonchev–Trinajstić information content (AvgIpc) is 2.36. The van der Waals surface area contributed by atoms with Gasteiger partial charge in [-0.1, -0.05) is 25.8 Å². The molecule has 2 aliphatic carbocycles. The van der Waals surface area contributed by atoms with Crippen molar-refractivity contribution < 1.29 is 4.79 Å². The lowest BCUT2D eigenvalue weighted by atomic mass is 9.77. The number of ketones is 1. The van der Waals surface area contributed by atoms with E-state index < -0.39 is 0 Å². The predicted molar refractivity (Wildman–Crippen MR) is 95.4 cm³/mol. The first-order valence-corrected chi connectivity index (χ1v) is 7.96. The first kappa shape index (κ1) is 23.5. The van der Waals surface area contributed by atoms with Gasteiger partial charge in [0.05, 0.1) is 0 Å². The number of carbonyl (C=O) groups excluding carboxylic acids is 1. The molecule has 5 nitrogen and oxygen atoms in total. The van der Waals surface area contributed by atoms with E-state index in [1.807, 2.05) is 6.92 Å². The minimum absolute atomic E-state index is 0. The Labute approximate surface area is 136 Å². The number of rotatable bonds is 2. The number of nitrogens with two attached hydrogens (primary N) is 2. The van der Waals surface area contributed by atoms with Crippen LogP contribution >= 0.6 is 0 Å². The quantitative estimate of drug-likeness (QED) is 0.618. The second kappa shape index (κ2) is 10.9. The van der Waals surface area contributed by atoms with E-state index in [0.29, 0.717) is 6.42 Å². The van der Waals surface area contributed by atoms with Crippen molar-refractivity contribution in [2.45, 2.75) is 59.3 Å². The molecule has 2 rings (SSSR count). The summed E-state index contributed by atoms with van der Waals surface area (Å²) in [6.07, 6.45) is 8.81. The molecule has 0 aliphatic heterocycles. The van der Waals surface area contributed by atoms with Crippen LogP contribution in [0.5, 0.6) is 0 Å². The summed E-state index contributed by atoms with van der Waals surface area (Å²) < 4.78 is 0. The third-order valence-corrected chi connectivity index (χ3v) is 4.38. The van der Waals surface area contributed by atoms with Gasteiger partial charge in [0, 0.05) is 6.42 Å². The summed E-state index contributed by atoms with van der Waals surface area (Å²) in [4.78, 5) is 11.0. The number of allylic oxidation sites excluding steroid dienone is 2. The van der Waals surface area contributed by atoms with Gasteiger partial charge in [0.15, 0.2) is 5.78 Å². The monoisotopic (exact) mass is 314 g/mol. The molecular weight excluding hydrogens is 276 g/mol. The van der Waals surface area contributed by atoms with Crippen molar-refractivity contribution in [1.82, 2.24) is 12.3 Å². The molecule has 2 aliphatic rings. The lowest BCUT2D eigenvalue weighted by Gasteiger charge is -2.27. The summed E-state index contributed by atoms with van der Waals surface area (Å²) in [6.45, 7) is 8.02. The largest absolute Gasteiger partial charge is 0.344 e. The Bertz CT molecular complexity index is 343. The van der Waals surface area contributed by atoms with Gasteiger partial charge in [0.25, 0.3) is 0 Å². The molecular formula is C17H38N4O. The van der Waals surface area contributed by atoms with Gasteiger partial charge in [0.1, 0.15) is 0 Å². The first-order valence-electron chi connectivity index (χ1n) is 7.96.